The predicted octanol–water partition coefficient (Wildman–Crippen LogP) is 5.08. The topological polar surface area (TPSA) is 28.9 Å². The Morgan fingerprint density at radius 3 is 2.44 bits per heavy atom. The highest BCUT2D eigenvalue weighted by Gasteiger charge is 2.07. The molecule has 0 saturated heterocycles. The molecule has 0 radical (unpaired) electrons. The second-order valence-corrected chi connectivity index (χ2v) is 6.73. The van der Waals surface area contributed by atoms with Gasteiger partial charge >= 0.3 is 0 Å². The van der Waals surface area contributed by atoms with Crippen LogP contribution in [0.1, 0.15) is 6.92 Å². The zero-order valence-electron chi connectivity index (χ0n) is 15.1. The van der Waals surface area contributed by atoms with Gasteiger partial charge in [-0.3, -0.25) is 0 Å². The Balaban J connectivity index is 1.90. The highest BCUT2D eigenvalue weighted by atomic mass is 16.3. The number of para-hydroxylation sites is 1. The van der Waals surface area contributed by atoms with Crippen LogP contribution in [0.2, 0.25) is 0 Å². The maximum atomic E-state index is 6.20. The molecule has 0 spiro atoms. The molecule has 0 amide bonds. The fraction of sp³-hybridized carbons (Fsp3) is 0.0400. The molecule has 3 aromatic carbocycles. The van der Waals surface area contributed by atoms with E-state index in [-0.39, 0.29) is 0 Å². The second-order valence-electron chi connectivity index (χ2n) is 6.73. The molecule has 27 heavy (non-hydrogen) atoms. The van der Waals surface area contributed by atoms with Gasteiger partial charge in [0.1, 0.15) is 5.58 Å². The van der Waals surface area contributed by atoms with Crippen molar-refractivity contribution in [3.8, 4) is 11.1 Å². The number of fused-ring (bicyclic) bond motifs is 2. The van der Waals surface area contributed by atoms with Crippen LogP contribution in [0.5, 0.6) is 0 Å². The van der Waals surface area contributed by atoms with Gasteiger partial charge in [0.05, 0.1) is 5.35 Å². The van der Waals surface area contributed by atoms with Gasteiger partial charge in [-0.2, -0.15) is 0 Å². The summed E-state index contributed by atoms with van der Waals surface area (Å²) in [6.45, 7) is 6.37. The molecule has 2 aromatic heterocycles. The van der Waals surface area contributed by atoms with Gasteiger partial charge in [-0.1, -0.05) is 73.3 Å². The first-order valence-electron chi connectivity index (χ1n) is 9.10. The smallest absolute Gasteiger partial charge is 0.159 e. The van der Waals surface area contributed by atoms with Gasteiger partial charge < -0.3 is 9.40 Å². The SMILES string of the molecule is C=c1/c(=c2/oc3ccccc3/c2=C/C)[nH]c2cc(-c3ccccc3)ccc12. The summed E-state index contributed by atoms with van der Waals surface area (Å²) in [5, 5.41) is 5.25. The van der Waals surface area contributed by atoms with Crippen LogP contribution in [0.15, 0.2) is 77.2 Å². The first-order chi connectivity index (χ1) is 13.3. The molecule has 2 nitrogen and oxygen atoms in total. The molecule has 5 aromatic rings. The van der Waals surface area contributed by atoms with Gasteiger partial charge in [0, 0.05) is 26.7 Å². The molecule has 0 saturated carbocycles. The molecule has 5 rings (SSSR count). The maximum absolute atomic E-state index is 6.20. The quantitative estimate of drug-likeness (QED) is 0.449. The molecule has 1 N–H and O–H groups in total. The van der Waals surface area contributed by atoms with E-state index in [9.17, 15) is 0 Å². The predicted molar refractivity (Wildman–Crippen MR) is 113 cm³/mol. The van der Waals surface area contributed by atoms with Crippen molar-refractivity contribution in [3.63, 3.8) is 0 Å². The molecule has 0 unspecified atom stereocenters. The van der Waals surface area contributed by atoms with Crippen LogP contribution in [0, 0.1) is 10.8 Å². The maximum Gasteiger partial charge on any atom is 0.159 e. The Morgan fingerprint density at radius 1 is 0.852 bits per heavy atom. The van der Waals surface area contributed by atoms with E-state index in [1.165, 1.54) is 11.1 Å². The lowest BCUT2D eigenvalue weighted by atomic mass is 10.0. The summed E-state index contributed by atoms with van der Waals surface area (Å²) in [7, 11) is 0. The van der Waals surface area contributed by atoms with Gasteiger partial charge in [0.25, 0.3) is 0 Å². The third-order valence-electron chi connectivity index (χ3n) is 5.16. The summed E-state index contributed by atoms with van der Waals surface area (Å²) in [6, 6.07) is 25.0. The summed E-state index contributed by atoms with van der Waals surface area (Å²) < 4.78 is 6.20. The van der Waals surface area contributed by atoms with Gasteiger partial charge in [-0.15, -0.1) is 0 Å². The average molecular weight is 349 g/mol. The van der Waals surface area contributed by atoms with E-state index in [0.717, 1.165) is 43.1 Å². The number of furan rings is 1. The lowest BCUT2D eigenvalue weighted by Crippen LogP contribution is -2.04. The minimum Gasteiger partial charge on any atom is -0.454 e. The molecule has 2 heterocycles. The molecule has 0 aliphatic rings. The Kier molecular flexibility index (Phi) is 3.51. The van der Waals surface area contributed by atoms with E-state index in [1.54, 1.807) is 0 Å². The first kappa shape index (κ1) is 15.7. The zero-order chi connectivity index (χ0) is 18.4. The minimum atomic E-state index is 0.848. The number of rotatable bonds is 1. The standard InChI is InChI=1S/C25H19NO/c1-3-19-21-11-7-8-12-23(21)27-25(19)24-16(2)20-14-13-18(15-22(20)26-24)17-9-5-4-6-10-17/h3-15,26H,2H2,1H3/b19-3-,25-24-. The first-order valence-corrected chi connectivity index (χ1v) is 9.10. The monoisotopic (exact) mass is 349 g/mol. The number of aromatic nitrogens is 1. The van der Waals surface area contributed by atoms with Crippen molar-refractivity contribution < 1.29 is 4.42 Å². The second kappa shape index (κ2) is 6.03. The molecule has 2 heteroatoms. The largest absolute Gasteiger partial charge is 0.454 e. The van der Waals surface area contributed by atoms with Gasteiger partial charge in [0.15, 0.2) is 5.42 Å². The molecule has 0 aliphatic carbocycles. The molecule has 0 bridgehead atoms. The van der Waals surface area contributed by atoms with E-state index in [2.05, 4.69) is 66.2 Å². The molecule has 130 valence electrons. The van der Waals surface area contributed by atoms with Crippen molar-refractivity contribution in [2.45, 2.75) is 6.92 Å². The average Bonchev–Trinajstić information content (AvgIpc) is 3.25. The number of benzene rings is 3. The molecule has 0 atom stereocenters. The normalized spacial score (nSPS) is 13.6. The van der Waals surface area contributed by atoms with Gasteiger partial charge in [-0.25, -0.2) is 0 Å². The summed E-state index contributed by atoms with van der Waals surface area (Å²) in [4.78, 5) is 3.55. The summed E-state index contributed by atoms with van der Waals surface area (Å²) in [6.07, 6.45) is 2.10. The van der Waals surface area contributed by atoms with Crippen LogP contribution in [-0.4, -0.2) is 4.98 Å². The molecule has 0 fully saturated rings. The van der Waals surface area contributed by atoms with Crippen LogP contribution < -0.4 is 10.4 Å². The molecular formula is C25H19NO. The number of hydrogen-bond donors (Lipinski definition) is 1. The third kappa shape index (κ3) is 2.42. The third-order valence-corrected chi connectivity index (χ3v) is 5.16. The van der Waals surface area contributed by atoms with Crippen molar-refractivity contribution in [2.75, 3.05) is 0 Å². The number of nitrogens with one attached hydrogen (secondary N) is 1. The fourth-order valence-corrected chi connectivity index (χ4v) is 3.80. The Labute approximate surface area is 156 Å². The van der Waals surface area contributed by atoms with Crippen LogP contribution in [0.4, 0.5) is 0 Å². The molecular weight excluding hydrogens is 330 g/mol. The van der Waals surface area contributed by atoms with Gasteiger partial charge in [0.2, 0.25) is 0 Å². The van der Waals surface area contributed by atoms with E-state index in [0.29, 0.717) is 0 Å². The Hall–Kier alpha value is -3.52. The van der Waals surface area contributed by atoms with Crippen molar-refractivity contribution >= 4 is 34.5 Å². The highest BCUT2D eigenvalue weighted by molar-refractivity contribution is 5.86. The van der Waals surface area contributed by atoms with Crippen molar-refractivity contribution in [3.05, 3.63) is 94.0 Å². The van der Waals surface area contributed by atoms with Gasteiger partial charge in [-0.05, 0) is 30.2 Å². The zero-order valence-corrected chi connectivity index (χ0v) is 15.1. The van der Waals surface area contributed by atoms with Crippen molar-refractivity contribution in [1.29, 1.82) is 0 Å². The van der Waals surface area contributed by atoms with E-state index >= 15 is 0 Å². The summed E-state index contributed by atoms with van der Waals surface area (Å²) in [5.41, 5.74) is 5.19. The van der Waals surface area contributed by atoms with E-state index in [4.69, 9.17) is 4.42 Å². The van der Waals surface area contributed by atoms with Crippen LogP contribution >= 0.6 is 0 Å². The van der Waals surface area contributed by atoms with Crippen LogP contribution in [0.25, 0.3) is 45.7 Å². The lowest BCUT2D eigenvalue weighted by molar-refractivity contribution is 0.575. The highest BCUT2D eigenvalue weighted by Crippen LogP contribution is 2.22. The van der Waals surface area contributed by atoms with Crippen LogP contribution in [-0.2, 0) is 0 Å². The van der Waals surface area contributed by atoms with Crippen molar-refractivity contribution in [1.82, 2.24) is 4.98 Å². The van der Waals surface area contributed by atoms with Crippen LogP contribution in [0.3, 0.4) is 0 Å². The molecule has 0 aliphatic heterocycles. The number of hydrogen-bond acceptors (Lipinski definition) is 1. The number of aromatic amines is 1. The van der Waals surface area contributed by atoms with E-state index < -0.39 is 0 Å². The lowest BCUT2D eigenvalue weighted by Gasteiger charge is -2.01. The fourth-order valence-electron chi connectivity index (χ4n) is 3.80. The Morgan fingerprint density at radius 2 is 1.63 bits per heavy atom. The van der Waals surface area contributed by atoms with Crippen molar-refractivity contribution in [2.24, 2.45) is 0 Å². The minimum absolute atomic E-state index is 0.848. The summed E-state index contributed by atoms with van der Waals surface area (Å²) >= 11 is 0. The number of H-pyrrole nitrogens is 1. The summed E-state index contributed by atoms with van der Waals surface area (Å²) in [5.74, 6) is 0. The Bertz CT molecular complexity index is 1490. The van der Waals surface area contributed by atoms with E-state index in [1.807, 2.05) is 31.2 Å².